The molecule has 21 heavy (non-hydrogen) atoms. The summed E-state index contributed by atoms with van der Waals surface area (Å²) in [4.78, 5) is 1.47. The number of aromatic nitrogens is 4. The second kappa shape index (κ2) is 4.78. The largest absolute Gasteiger partial charge is 0.195 e. The molecule has 1 atom stereocenters. The topological polar surface area (TPSA) is 43.1 Å². The molecule has 0 bridgehead atoms. The minimum Gasteiger partial charge on any atom is -0.195 e. The molecule has 0 amide bonds. The number of thiophene rings is 1. The number of rotatable bonds is 1. The van der Waals surface area contributed by atoms with Crippen LogP contribution in [0.1, 0.15) is 46.2 Å². The van der Waals surface area contributed by atoms with Crippen LogP contribution in [-0.2, 0) is 6.42 Å². The molecule has 6 heteroatoms. The summed E-state index contributed by atoms with van der Waals surface area (Å²) in [5.74, 6) is 1.19. The molecule has 0 saturated carbocycles. The van der Waals surface area contributed by atoms with Crippen LogP contribution in [0, 0.1) is 13.8 Å². The Morgan fingerprint density at radius 3 is 3.00 bits per heavy atom. The lowest BCUT2D eigenvalue weighted by atomic mass is 9.87. The van der Waals surface area contributed by atoms with Gasteiger partial charge in [-0.25, -0.2) is 0 Å². The number of hydrogen-bond acceptors (Lipinski definition) is 4. The molecule has 0 N–H and O–H groups in total. The van der Waals surface area contributed by atoms with Crippen molar-refractivity contribution in [3.05, 3.63) is 44.0 Å². The summed E-state index contributed by atoms with van der Waals surface area (Å²) in [5.41, 5.74) is 4.23. The first kappa shape index (κ1) is 13.2. The maximum absolute atomic E-state index is 6.25. The average Bonchev–Trinajstić information content (AvgIpc) is 3.11. The van der Waals surface area contributed by atoms with E-state index in [0.717, 1.165) is 29.0 Å². The predicted octanol–water partition coefficient (Wildman–Crippen LogP) is 3.92. The van der Waals surface area contributed by atoms with Crippen LogP contribution in [0.3, 0.4) is 0 Å². The zero-order valence-corrected chi connectivity index (χ0v) is 13.5. The molecule has 1 aliphatic carbocycles. The quantitative estimate of drug-likeness (QED) is 0.683. The molecule has 1 unspecified atom stereocenters. The van der Waals surface area contributed by atoms with E-state index in [1.54, 1.807) is 0 Å². The zero-order valence-electron chi connectivity index (χ0n) is 11.9. The highest BCUT2D eigenvalue weighted by Crippen LogP contribution is 2.38. The van der Waals surface area contributed by atoms with Gasteiger partial charge in [-0.2, -0.15) is 9.61 Å². The number of hydrogen-bond donors (Lipinski definition) is 0. The van der Waals surface area contributed by atoms with Gasteiger partial charge in [-0.1, -0.05) is 11.6 Å². The normalized spacial score (nSPS) is 18.1. The van der Waals surface area contributed by atoms with Gasteiger partial charge in [0.2, 0.25) is 0 Å². The molecular formula is C15H15ClN4S. The van der Waals surface area contributed by atoms with Gasteiger partial charge in [-0.15, -0.1) is 21.5 Å². The van der Waals surface area contributed by atoms with E-state index in [9.17, 15) is 0 Å². The number of aryl methyl sites for hydroxylation is 2. The number of halogens is 1. The number of nitrogens with zero attached hydrogens (tertiary/aromatic N) is 4. The summed E-state index contributed by atoms with van der Waals surface area (Å²) in [6.45, 7) is 3.99. The van der Waals surface area contributed by atoms with E-state index >= 15 is 0 Å². The van der Waals surface area contributed by atoms with Crippen LogP contribution in [-0.4, -0.2) is 19.8 Å². The predicted molar refractivity (Wildman–Crippen MR) is 84.4 cm³/mol. The van der Waals surface area contributed by atoms with E-state index in [0.29, 0.717) is 5.15 Å². The smallest absolute Gasteiger partial charge is 0.181 e. The summed E-state index contributed by atoms with van der Waals surface area (Å²) in [6, 6.07) is 2.22. The van der Waals surface area contributed by atoms with Crippen LogP contribution >= 0.6 is 22.9 Å². The highest BCUT2D eigenvalue weighted by atomic mass is 35.5. The molecule has 1 aliphatic rings. The van der Waals surface area contributed by atoms with E-state index in [2.05, 4.69) is 26.7 Å². The highest BCUT2D eigenvalue weighted by molar-refractivity contribution is 7.10. The Morgan fingerprint density at radius 2 is 2.14 bits per heavy atom. The van der Waals surface area contributed by atoms with Crippen molar-refractivity contribution in [2.75, 3.05) is 0 Å². The Balaban J connectivity index is 1.93. The summed E-state index contributed by atoms with van der Waals surface area (Å²) < 4.78 is 1.84. The van der Waals surface area contributed by atoms with Gasteiger partial charge in [-0.3, -0.25) is 0 Å². The molecule has 3 heterocycles. The van der Waals surface area contributed by atoms with Gasteiger partial charge in [0, 0.05) is 16.4 Å². The van der Waals surface area contributed by atoms with E-state index < -0.39 is 0 Å². The molecule has 3 aromatic rings. The molecular weight excluding hydrogens is 304 g/mol. The second-order valence-electron chi connectivity index (χ2n) is 5.58. The summed E-state index contributed by atoms with van der Waals surface area (Å²) in [5, 5.41) is 16.0. The Kier molecular flexibility index (Phi) is 3.01. The third-order valence-corrected chi connectivity index (χ3v) is 5.78. The summed E-state index contributed by atoms with van der Waals surface area (Å²) in [6.07, 6.45) is 3.45. The fourth-order valence-electron chi connectivity index (χ4n) is 3.08. The minimum absolute atomic E-state index is 0.278. The van der Waals surface area contributed by atoms with E-state index in [1.165, 1.54) is 23.3 Å². The van der Waals surface area contributed by atoms with Gasteiger partial charge >= 0.3 is 0 Å². The average molecular weight is 319 g/mol. The SMILES string of the molecule is Cc1c(Cl)nn2c(C3CCCc4sccc43)nnc2c1C. The van der Waals surface area contributed by atoms with Crippen LogP contribution in [0.25, 0.3) is 5.65 Å². The van der Waals surface area contributed by atoms with Crippen molar-refractivity contribution in [1.29, 1.82) is 0 Å². The third-order valence-electron chi connectivity index (χ3n) is 4.42. The first-order chi connectivity index (χ1) is 10.2. The van der Waals surface area contributed by atoms with Crippen LogP contribution < -0.4 is 0 Å². The maximum Gasteiger partial charge on any atom is 0.181 e. The van der Waals surface area contributed by atoms with Crippen molar-refractivity contribution in [2.24, 2.45) is 0 Å². The number of fused-ring (bicyclic) bond motifs is 2. The standard InChI is InChI=1S/C15H15ClN4S/c1-8-9(2)14-17-18-15(20(14)19-13(8)16)11-4-3-5-12-10(11)6-7-21-12/h6-7,11H,3-5H2,1-2H3. The van der Waals surface area contributed by atoms with Gasteiger partial charge in [0.05, 0.1) is 0 Å². The third kappa shape index (κ3) is 1.91. The first-order valence-corrected chi connectivity index (χ1v) is 8.37. The van der Waals surface area contributed by atoms with Crippen molar-refractivity contribution >= 4 is 28.6 Å². The van der Waals surface area contributed by atoms with Crippen LogP contribution in [0.15, 0.2) is 11.4 Å². The van der Waals surface area contributed by atoms with Crippen LogP contribution in [0.5, 0.6) is 0 Å². The second-order valence-corrected chi connectivity index (χ2v) is 6.94. The minimum atomic E-state index is 0.278. The van der Waals surface area contributed by atoms with E-state index in [-0.39, 0.29) is 5.92 Å². The molecule has 0 saturated heterocycles. The lowest BCUT2D eigenvalue weighted by Crippen LogP contribution is -2.13. The Morgan fingerprint density at radius 1 is 1.29 bits per heavy atom. The van der Waals surface area contributed by atoms with Gasteiger partial charge in [0.25, 0.3) is 0 Å². The molecule has 0 aliphatic heterocycles. The fourth-order valence-corrected chi connectivity index (χ4v) is 4.29. The van der Waals surface area contributed by atoms with Crippen molar-refractivity contribution in [3.63, 3.8) is 0 Å². The van der Waals surface area contributed by atoms with Crippen LogP contribution in [0.4, 0.5) is 0 Å². The Hall–Kier alpha value is -1.46. The lowest BCUT2D eigenvalue weighted by Gasteiger charge is -2.20. The highest BCUT2D eigenvalue weighted by Gasteiger charge is 2.28. The van der Waals surface area contributed by atoms with Gasteiger partial charge in [-0.05, 0) is 55.7 Å². The molecule has 0 spiro atoms. The molecule has 4 nitrogen and oxygen atoms in total. The van der Waals surface area contributed by atoms with Gasteiger partial charge in [0.1, 0.15) is 0 Å². The monoisotopic (exact) mass is 318 g/mol. The Bertz CT molecular complexity index is 836. The van der Waals surface area contributed by atoms with Crippen molar-refractivity contribution in [1.82, 2.24) is 19.8 Å². The Labute approximate surface area is 131 Å². The summed E-state index contributed by atoms with van der Waals surface area (Å²) in [7, 11) is 0. The first-order valence-electron chi connectivity index (χ1n) is 7.11. The maximum atomic E-state index is 6.25. The van der Waals surface area contributed by atoms with E-state index in [1.807, 2.05) is 29.7 Å². The van der Waals surface area contributed by atoms with Gasteiger partial charge in [0.15, 0.2) is 16.6 Å². The molecule has 3 aromatic heterocycles. The zero-order chi connectivity index (χ0) is 14.6. The fraction of sp³-hybridized carbons (Fsp3) is 0.400. The molecule has 0 aromatic carbocycles. The van der Waals surface area contributed by atoms with Gasteiger partial charge < -0.3 is 0 Å². The van der Waals surface area contributed by atoms with Crippen molar-refractivity contribution in [2.45, 2.75) is 39.0 Å². The lowest BCUT2D eigenvalue weighted by molar-refractivity contribution is 0.583. The van der Waals surface area contributed by atoms with Crippen molar-refractivity contribution < 1.29 is 0 Å². The van der Waals surface area contributed by atoms with E-state index in [4.69, 9.17) is 11.6 Å². The molecule has 4 rings (SSSR count). The van der Waals surface area contributed by atoms with Crippen LogP contribution in [0.2, 0.25) is 5.15 Å². The summed E-state index contributed by atoms with van der Waals surface area (Å²) >= 11 is 8.09. The molecule has 0 radical (unpaired) electrons. The molecule has 108 valence electrons. The van der Waals surface area contributed by atoms with Crippen molar-refractivity contribution in [3.8, 4) is 0 Å². The molecule has 0 fully saturated rings.